The van der Waals surface area contributed by atoms with Gasteiger partial charge in [-0.15, -0.1) is 0 Å². The first-order valence-corrected chi connectivity index (χ1v) is 12.8. The molecule has 0 aliphatic heterocycles. The summed E-state index contributed by atoms with van der Waals surface area (Å²) in [6.07, 6.45) is 14.6. The number of fused-ring (bicyclic) bond motifs is 1. The molecule has 1 aromatic carbocycles. The van der Waals surface area contributed by atoms with Crippen molar-refractivity contribution in [1.82, 2.24) is 4.98 Å². The zero-order chi connectivity index (χ0) is 23.3. The molecule has 0 N–H and O–H groups in total. The third-order valence-corrected chi connectivity index (χ3v) is 6.70. The molecule has 3 rings (SSSR count). The molecule has 0 unspecified atom stereocenters. The second-order valence-electron chi connectivity index (χ2n) is 7.93. The van der Waals surface area contributed by atoms with Gasteiger partial charge < -0.3 is 9.47 Å². The highest BCUT2D eigenvalue weighted by Gasteiger charge is 2.07. The van der Waals surface area contributed by atoms with Gasteiger partial charge >= 0.3 is 0 Å². The van der Waals surface area contributed by atoms with Crippen LogP contribution in [0.3, 0.4) is 0 Å². The molecule has 6 heteroatoms. The molecule has 0 spiro atoms. The third kappa shape index (κ3) is 8.37. The molecule has 4 nitrogen and oxygen atoms in total. The number of nitrogens with zero attached hydrogens (tertiary/aromatic N) is 1. The van der Waals surface area contributed by atoms with E-state index in [0.29, 0.717) is 17.2 Å². The molecule has 2 aromatic heterocycles. The summed E-state index contributed by atoms with van der Waals surface area (Å²) < 4.78 is 12.2. The highest BCUT2D eigenvalue weighted by atomic mass is 32.1. The van der Waals surface area contributed by atoms with Crippen LogP contribution < -0.4 is 9.48 Å². The predicted molar refractivity (Wildman–Crippen MR) is 143 cm³/mol. The van der Waals surface area contributed by atoms with Crippen molar-refractivity contribution in [3.63, 3.8) is 0 Å². The molecule has 0 saturated heterocycles. The molecule has 0 amide bonds. The largest absolute Gasteiger partial charge is 0.494 e. The van der Waals surface area contributed by atoms with Crippen LogP contribution in [0, 0.1) is 0 Å². The number of hydrogen-bond donors (Lipinski definition) is 0. The Kier molecular flexibility index (Phi) is 10.5. The van der Waals surface area contributed by atoms with Crippen molar-refractivity contribution in [2.45, 2.75) is 51.4 Å². The Labute approximate surface area is 205 Å². The van der Waals surface area contributed by atoms with Crippen LogP contribution >= 0.6 is 23.6 Å². The summed E-state index contributed by atoms with van der Waals surface area (Å²) in [6.45, 7) is 5.00. The Morgan fingerprint density at radius 3 is 2.33 bits per heavy atom. The lowest BCUT2D eigenvalue weighted by Gasteiger charge is -2.08. The minimum atomic E-state index is 0.0625. The molecule has 3 aromatic rings. The number of thiocarbonyl (C=S) groups is 1. The lowest BCUT2D eigenvalue weighted by atomic mass is 10.1. The molecular weight excluding hydrogens is 450 g/mol. The predicted octanol–water partition coefficient (Wildman–Crippen LogP) is 7.35. The molecule has 0 fully saturated rings. The summed E-state index contributed by atoms with van der Waals surface area (Å²) in [5.74, 6) is 0.843. The van der Waals surface area contributed by atoms with Gasteiger partial charge in [0, 0.05) is 28.0 Å². The normalized spacial score (nSPS) is 10.8. The van der Waals surface area contributed by atoms with Crippen molar-refractivity contribution in [2.24, 2.45) is 0 Å². The molecule has 0 aliphatic rings. The van der Waals surface area contributed by atoms with Gasteiger partial charge in [-0.3, -0.25) is 9.78 Å². The topological polar surface area (TPSA) is 48.4 Å². The second-order valence-corrected chi connectivity index (χ2v) is 9.35. The SMILES string of the molecule is C=CC(=S)OCCCCCCCCCCOc1ccc(-c2cc3cnccc3sc2=O)cc1. The monoisotopic (exact) mass is 481 g/mol. The summed E-state index contributed by atoms with van der Waals surface area (Å²) in [6, 6.07) is 11.6. The van der Waals surface area contributed by atoms with Gasteiger partial charge in [-0.2, -0.15) is 0 Å². The highest BCUT2D eigenvalue weighted by molar-refractivity contribution is 7.80. The Hall–Kier alpha value is -2.57. The van der Waals surface area contributed by atoms with Crippen molar-refractivity contribution >= 4 is 38.7 Å². The van der Waals surface area contributed by atoms with Gasteiger partial charge in [-0.05, 0) is 61.0 Å². The van der Waals surface area contributed by atoms with Gasteiger partial charge in [-0.25, -0.2) is 0 Å². The van der Waals surface area contributed by atoms with Gasteiger partial charge in [0.25, 0.3) is 0 Å². The van der Waals surface area contributed by atoms with Crippen molar-refractivity contribution in [1.29, 1.82) is 0 Å². The van der Waals surface area contributed by atoms with E-state index < -0.39 is 0 Å². The van der Waals surface area contributed by atoms with E-state index in [1.807, 2.05) is 36.4 Å². The molecule has 33 heavy (non-hydrogen) atoms. The summed E-state index contributed by atoms with van der Waals surface area (Å²) in [5, 5.41) is 1.48. The van der Waals surface area contributed by atoms with Crippen LogP contribution in [0.5, 0.6) is 5.75 Å². The molecule has 2 heterocycles. The Morgan fingerprint density at radius 2 is 1.64 bits per heavy atom. The van der Waals surface area contributed by atoms with Crippen LogP contribution in [-0.4, -0.2) is 23.2 Å². The molecular formula is C27H31NO3S2. The van der Waals surface area contributed by atoms with Crippen LogP contribution in [0.15, 0.2) is 66.2 Å². The fourth-order valence-corrected chi connectivity index (χ4v) is 4.51. The maximum absolute atomic E-state index is 12.5. The number of aromatic nitrogens is 1. The van der Waals surface area contributed by atoms with E-state index >= 15 is 0 Å². The van der Waals surface area contributed by atoms with Crippen molar-refractivity contribution in [2.75, 3.05) is 13.2 Å². The van der Waals surface area contributed by atoms with E-state index in [9.17, 15) is 4.79 Å². The highest BCUT2D eigenvalue weighted by Crippen LogP contribution is 2.25. The zero-order valence-electron chi connectivity index (χ0n) is 19.0. The Bertz CT molecular complexity index is 1090. The molecule has 0 radical (unpaired) electrons. The van der Waals surface area contributed by atoms with Crippen LogP contribution in [0.25, 0.3) is 21.2 Å². The van der Waals surface area contributed by atoms with E-state index in [2.05, 4.69) is 11.6 Å². The first-order valence-electron chi connectivity index (χ1n) is 11.6. The number of ether oxygens (including phenoxy) is 2. The van der Waals surface area contributed by atoms with Crippen LogP contribution in [0.2, 0.25) is 0 Å². The van der Waals surface area contributed by atoms with Crippen LogP contribution in [0.1, 0.15) is 51.4 Å². The van der Waals surface area contributed by atoms with Crippen LogP contribution in [-0.2, 0) is 4.74 Å². The Morgan fingerprint density at radius 1 is 0.970 bits per heavy atom. The molecule has 174 valence electrons. The maximum atomic E-state index is 12.5. The minimum Gasteiger partial charge on any atom is -0.494 e. The number of rotatable bonds is 14. The van der Waals surface area contributed by atoms with E-state index in [0.717, 1.165) is 40.8 Å². The lowest BCUT2D eigenvalue weighted by molar-refractivity contribution is 0.299. The van der Waals surface area contributed by atoms with E-state index in [4.69, 9.17) is 21.7 Å². The van der Waals surface area contributed by atoms with Gasteiger partial charge in [0.2, 0.25) is 4.74 Å². The molecule has 0 aliphatic carbocycles. The van der Waals surface area contributed by atoms with E-state index in [1.165, 1.54) is 49.9 Å². The maximum Gasteiger partial charge on any atom is 0.240 e. The molecule has 0 saturated carbocycles. The third-order valence-electron chi connectivity index (χ3n) is 5.42. The number of unbranched alkanes of at least 4 members (excludes halogenated alkanes) is 7. The first-order chi connectivity index (χ1) is 16.2. The van der Waals surface area contributed by atoms with Crippen molar-refractivity contribution in [3.8, 4) is 16.9 Å². The van der Waals surface area contributed by atoms with Gasteiger partial charge in [-0.1, -0.05) is 68.6 Å². The lowest BCUT2D eigenvalue weighted by Crippen LogP contribution is -2.00. The molecule has 0 atom stereocenters. The van der Waals surface area contributed by atoms with Gasteiger partial charge in [0.15, 0.2) is 5.05 Å². The number of hydrogen-bond acceptors (Lipinski definition) is 6. The quantitative estimate of drug-likeness (QED) is 0.137. The van der Waals surface area contributed by atoms with E-state index in [-0.39, 0.29) is 4.74 Å². The zero-order valence-corrected chi connectivity index (χ0v) is 20.6. The smallest absolute Gasteiger partial charge is 0.240 e. The van der Waals surface area contributed by atoms with E-state index in [1.54, 1.807) is 18.5 Å². The summed E-state index contributed by atoms with van der Waals surface area (Å²) >= 11 is 6.20. The second kappa shape index (κ2) is 13.9. The van der Waals surface area contributed by atoms with Crippen molar-refractivity contribution < 1.29 is 9.47 Å². The average Bonchev–Trinajstić information content (AvgIpc) is 2.84. The summed E-state index contributed by atoms with van der Waals surface area (Å²) in [5.41, 5.74) is 1.61. The first kappa shape index (κ1) is 25.1. The van der Waals surface area contributed by atoms with Crippen LogP contribution in [0.4, 0.5) is 0 Å². The average molecular weight is 482 g/mol. The Balaban J connectivity index is 1.29. The summed E-state index contributed by atoms with van der Waals surface area (Å²) in [4.78, 5) is 16.6. The van der Waals surface area contributed by atoms with Crippen molar-refractivity contribution in [3.05, 3.63) is 71.0 Å². The minimum absolute atomic E-state index is 0.0625. The number of benzene rings is 1. The fraction of sp³-hybridized carbons (Fsp3) is 0.370. The van der Waals surface area contributed by atoms with Gasteiger partial charge in [0.05, 0.1) is 13.2 Å². The summed E-state index contributed by atoms with van der Waals surface area (Å²) in [7, 11) is 0. The number of pyridine rings is 1. The standard InChI is InChI=1S/C27H31NO3S2/c1-2-26(32)31-18-10-8-6-4-3-5-7-9-17-30-23-13-11-21(12-14-23)24-19-22-20-28-16-15-25(22)33-27(24)29/h2,11-16,19-20H,1,3-10,17-18H2. The molecule has 0 bridgehead atoms. The van der Waals surface area contributed by atoms with Gasteiger partial charge in [0.1, 0.15) is 5.75 Å². The fourth-order valence-electron chi connectivity index (χ4n) is 3.58.